The number of carbonyl (C=O) groups excluding carboxylic acids is 3. The summed E-state index contributed by atoms with van der Waals surface area (Å²) < 4.78 is 91.5. The number of pyridine rings is 1. The Morgan fingerprint density at radius 1 is 1.14 bits per heavy atom. The highest BCUT2D eigenvalue weighted by atomic mass is 35.5. The third-order valence-electron chi connectivity index (χ3n) is 8.36. The molecule has 50 heavy (non-hydrogen) atoms. The Balaban J connectivity index is 1.51. The fraction of sp³-hybridized carbons (Fsp3) is 0.516. The van der Waals surface area contributed by atoms with Crippen molar-refractivity contribution in [2.24, 2.45) is 0 Å². The zero-order valence-corrected chi connectivity index (χ0v) is 29.2. The summed E-state index contributed by atoms with van der Waals surface area (Å²) >= 11 is 12.1. The molecule has 3 fully saturated rings. The lowest BCUT2D eigenvalue weighted by Gasteiger charge is -2.49. The van der Waals surface area contributed by atoms with Gasteiger partial charge in [-0.3, -0.25) is 14.6 Å². The molecule has 5 rings (SSSR count). The van der Waals surface area contributed by atoms with Crippen molar-refractivity contribution < 1.29 is 49.8 Å². The average Bonchev–Trinajstić information content (AvgIpc) is 3.70. The average molecular weight is 765 g/mol. The third-order valence-corrected chi connectivity index (χ3v) is 11.2. The van der Waals surface area contributed by atoms with Crippen LogP contribution in [0.3, 0.4) is 0 Å². The molecule has 0 bridgehead atoms. The molecule has 3 aliphatic rings. The maximum atomic E-state index is 15.5. The highest BCUT2D eigenvalue weighted by Gasteiger charge is 2.60. The van der Waals surface area contributed by atoms with Gasteiger partial charge < -0.3 is 19.3 Å². The smallest absolute Gasteiger partial charge is 0.422 e. The number of rotatable bonds is 8. The lowest BCUT2D eigenvalue weighted by Crippen LogP contribution is -2.69. The molecule has 2 aromatic rings. The molecule has 0 N–H and O–H groups in total. The summed E-state index contributed by atoms with van der Waals surface area (Å²) in [7, 11) is -4.51. The molecule has 19 heteroatoms. The van der Waals surface area contributed by atoms with Gasteiger partial charge in [-0.15, -0.1) is 0 Å². The summed E-state index contributed by atoms with van der Waals surface area (Å²) in [6.07, 6.45) is -2.05. The highest BCUT2D eigenvalue weighted by molar-refractivity contribution is 7.92. The van der Waals surface area contributed by atoms with Gasteiger partial charge in [0, 0.05) is 37.9 Å². The van der Waals surface area contributed by atoms with Crippen molar-refractivity contribution in [1.29, 1.82) is 5.26 Å². The van der Waals surface area contributed by atoms with E-state index in [0.717, 1.165) is 45.2 Å². The molecule has 0 spiro atoms. The van der Waals surface area contributed by atoms with E-state index in [1.807, 2.05) is 0 Å². The van der Waals surface area contributed by atoms with Crippen molar-refractivity contribution in [2.45, 2.75) is 79.5 Å². The van der Waals surface area contributed by atoms with Crippen molar-refractivity contribution in [2.75, 3.05) is 26.2 Å². The number of alkyl halides is 3. The Kier molecular flexibility index (Phi) is 9.98. The van der Waals surface area contributed by atoms with Crippen molar-refractivity contribution in [1.82, 2.24) is 19.7 Å². The molecule has 1 aliphatic carbocycles. The molecule has 0 unspecified atom stereocenters. The molecule has 1 aromatic carbocycles. The normalized spacial score (nSPS) is 20.5. The summed E-state index contributed by atoms with van der Waals surface area (Å²) in [6, 6.07) is 1.79. The SMILES string of the molecule is CC(C)(C)OC(=O)N1CC(C(=O)N2C[C@H](S(=O)(=O)c3ccc(OCC(F)(F)F)cc3Cl)C[C@H]2C(=O)N(C#N)C2CC2)(c2ncc(Cl)cc2F)C1. The number of hydrogen-bond acceptors (Lipinski definition) is 9. The maximum absolute atomic E-state index is 15.5. The van der Waals surface area contributed by atoms with E-state index in [0.29, 0.717) is 12.8 Å². The third kappa shape index (κ3) is 7.57. The van der Waals surface area contributed by atoms with Crippen LogP contribution in [-0.2, 0) is 29.6 Å². The van der Waals surface area contributed by atoms with Gasteiger partial charge in [-0.2, -0.15) is 18.4 Å². The molecule has 0 radical (unpaired) electrons. The van der Waals surface area contributed by atoms with Gasteiger partial charge in [0.2, 0.25) is 5.91 Å². The fourth-order valence-electron chi connectivity index (χ4n) is 5.92. The Bertz CT molecular complexity index is 1860. The Hall–Kier alpha value is -3.88. The van der Waals surface area contributed by atoms with Crippen LogP contribution in [-0.4, -0.2) is 101 Å². The van der Waals surface area contributed by atoms with Crippen LogP contribution < -0.4 is 4.74 Å². The van der Waals surface area contributed by atoms with Crippen LogP contribution in [0.1, 0.15) is 45.7 Å². The van der Waals surface area contributed by atoms with Gasteiger partial charge in [0.05, 0.1) is 25.9 Å². The monoisotopic (exact) mass is 763 g/mol. The van der Waals surface area contributed by atoms with E-state index >= 15 is 4.39 Å². The molecule has 12 nitrogen and oxygen atoms in total. The number of halogens is 6. The van der Waals surface area contributed by atoms with Crippen LogP contribution in [0.15, 0.2) is 35.4 Å². The minimum Gasteiger partial charge on any atom is -0.484 e. The van der Waals surface area contributed by atoms with E-state index in [1.165, 1.54) is 0 Å². The number of nitrogens with zero attached hydrogens (tertiary/aromatic N) is 5. The van der Waals surface area contributed by atoms with Crippen LogP contribution in [0, 0.1) is 17.3 Å². The highest BCUT2D eigenvalue weighted by Crippen LogP contribution is 2.42. The first-order valence-electron chi connectivity index (χ1n) is 15.2. The number of likely N-dealkylation sites (tertiary alicyclic amines) is 2. The van der Waals surface area contributed by atoms with E-state index in [-0.39, 0.29) is 10.8 Å². The van der Waals surface area contributed by atoms with E-state index in [4.69, 9.17) is 27.9 Å². The number of amides is 3. The topological polar surface area (TPSA) is 150 Å². The van der Waals surface area contributed by atoms with E-state index in [2.05, 4.69) is 9.72 Å². The van der Waals surface area contributed by atoms with Crippen molar-refractivity contribution in [3.63, 3.8) is 0 Å². The first kappa shape index (κ1) is 37.4. The van der Waals surface area contributed by atoms with E-state index in [1.54, 1.807) is 27.0 Å². The van der Waals surface area contributed by atoms with Crippen molar-refractivity contribution >= 4 is 50.9 Å². The van der Waals surface area contributed by atoms with Crippen molar-refractivity contribution in [3.05, 3.63) is 52.0 Å². The lowest BCUT2D eigenvalue weighted by atomic mass is 9.74. The van der Waals surface area contributed by atoms with Gasteiger partial charge in [0.1, 0.15) is 28.6 Å². The van der Waals surface area contributed by atoms with Gasteiger partial charge >= 0.3 is 12.3 Å². The first-order chi connectivity index (χ1) is 23.2. The van der Waals surface area contributed by atoms with Crippen molar-refractivity contribution in [3.8, 4) is 11.9 Å². The van der Waals surface area contributed by atoms with Gasteiger partial charge in [-0.25, -0.2) is 22.5 Å². The fourth-order valence-corrected chi connectivity index (χ4v) is 8.30. The number of hydrogen-bond donors (Lipinski definition) is 0. The predicted octanol–water partition coefficient (Wildman–Crippen LogP) is 4.87. The zero-order chi connectivity index (χ0) is 37.0. The second-order valence-corrected chi connectivity index (χ2v) is 16.4. The molecule has 3 amide bonds. The summed E-state index contributed by atoms with van der Waals surface area (Å²) in [5.74, 6) is -3.13. The second kappa shape index (κ2) is 13.3. The Labute approximate surface area is 294 Å². The molecule has 2 saturated heterocycles. The predicted molar refractivity (Wildman–Crippen MR) is 168 cm³/mol. The molecule has 3 heterocycles. The molecule has 1 saturated carbocycles. The Morgan fingerprint density at radius 3 is 2.34 bits per heavy atom. The number of benzene rings is 1. The number of carbonyl (C=O) groups is 3. The van der Waals surface area contributed by atoms with Crippen LogP contribution in [0.4, 0.5) is 22.4 Å². The quantitative estimate of drug-likeness (QED) is 0.209. The van der Waals surface area contributed by atoms with Crippen LogP contribution >= 0.6 is 23.2 Å². The number of ether oxygens (including phenoxy) is 2. The number of nitriles is 1. The zero-order valence-electron chi connectivity index (χ0n) is 26.8. The number of aromatic nitrogens is 1. The minimum absolute atomic E-state index is 0.0849. The molecule has 2 atom stereocenters. The first-order valence-corrected chi connectivity index (χ1v) is 17.5. The van der Waals surface area contributed by atoms with Gasteiger partial charge in [-0.05, 0) is 58.2 Å². The summed E-state index contributed by atoms with van der Waals surface area (Å²) in [5.41, 5.74) is -3.22. The standard InChI is InChI=1S/C31H31Cl2F4N5O7S/c1-29(2,3)49-28(45)40-13-30(14-40,25-22(34)8-17(32)11-39-25)27(44)41-12-20(10-23(41)26(43)42(16-38)18-4-5-18)50(46,47)24-7-6-19(9-21(24)33)48-15-31(35,36)37/h6-9,11,18,20,23H,4-5,10,12-15H2,1-3H3/t20-,23+/m1/s1. The van der Waals surface area contributed by atoms with E-state index < -0.39 is 116 Å². The molecular weight excluding hydrogens is 733 g/mol. The van der Waals surface area contributed by atoms with Gasteiger partial charge in [0.15, 0.2) is 22.6 Å². The second-order valence-electron chi connectivity index (χ2n) is 13.3. The summed E-state index contributed by atoms with van der Waals surface area (Å²) in [5, 5.41) is 7.75. The van der Waals surface area contributed by atoms with Crippen LogP contribution in [0.25, 0.3) is 0 Å². The number of sulfone groups is 1. The molecule has 270 valence electrons. The van der Waals surface area contributed by atoms with Gasteiger partial charge in [0.25, 0.3) is 5.91 Å². The maximum Gasteiger partial charge on any atom is 0.422 e. The Morgan fingerprint density at radius 2 is 1.80 bits per heavy atom. The summed E-state index contributed by atoms with van der Waals surface area (Å²) in [4.78, 5) is 47.9. The largest absolute Gasteiger partial charge is 0.484 e. The molecule has 2 aliphatic heterocycles. The lowest BCUT2D eigenvalue weighted by molar-refractivity contribution is -0.153. The molecular formula is C31H31Cl2F4N5O7S. The van der Waals surface area contributed by atoms with Crippen LogP contribution in [0.5, 0.6) is 5.75 Å². The molecule has 1 aromatic heterocycles. The van der Waals surface area contributed by atoms with E-state index in [9.17, 15) is 41.2 Å². The minimum atomic E-state index is -4.66. The summed E-state index contributed by atoms with van der Waals surface area (Å²) in [6.45, 7) is 1.72. The van der Waals surface area contributed by atoms with Crippen LogP contribution in [0.2, 0.25) is 10.0 Å². The van der Waals surface area contributed by atoms with Gasteiger partial charge in [-0.1, -0.05) is 23.2 Å².